The highest BCUT2D eigenvalue weighted by Gasteiger charge is 2.37. The maximum absolute atomic E-state index is 10.6. The molecule has 29 heavy (non-hydrogen) atoms. The number of hydrogen-bond acceptors (Lipinski definition) is 8. The number of likely N-dealkylation sites (N-methyl/N-ethyl adjacent to an activating group) is 1. The molecule has 0 spiro atoms. The van der Waals surface area contributed by atoms with Gasteiger partial charge in [-0.1, -0.05) is 23.5 Å². The number of piperidine rings is 1. The standard InChI is InChI=1S/C20H23N7OS/c1-12-11-21-27(24-12)15-6-7-17(18(28)10-15)19-22-23-20(29-19)26(3)16-8-13-4-5-14(9-16)25(13)2/h4-7,10-11,13-14,16,28H,8-9H2,1-3H3/t13-,14+,16?. The van der Waals surface area contributed by atoms with Gasteiger partial charge < -0.3 is 10.0 Å². The number of aromatic hydroxyl groups is 1. The molecule has 3 aromatic rings. The van der Waals surface area contributed by atoms with Crippen LogP contribution in [0.4, 0.5) is 5.13 Å². The first-order valence-electron chi connectivity index (χ1n) is 9.69. The second-order valence-corrected chi connectivity index (χ2v) is 8.74. The summed E-state index contributed by atoms with van der Waals surface area (Å²) in [7, 11) is 4.29. The van der Waals surface area contributed by atoms with E-state index in [0.29, 0.717) is 34.4 Å². The van der Waals surface area contributed by atoms with E-state index < -0.39 is 0 Å². The Bertz CT molecular complexity index is 1060. The number of aryl methyl sites for hydroxylation is 1. The molecule has 8 nitrogen and oxygen atoms in total. The Hall–Kier alpha value is -2.78. The summed E-state index contributed by atoms with van der Waals surface area (Å²) in [5.41, 5.74) is 2.19. The van der Waals surface area contributed by atoms with Gasteiger partial charge in [-0.3, -0.25) is 4.90 Å². The third kappa shape index (κ3) is 3.20. The second-order valence-electron chi connectivity index (χ2n) is 7.79. The summed E-state index contributed by atoms with van der Waals surface area (Å²) in [5.74, 6) is 0.143. The molecule has 1 aromatic carbocycles. The van der Waals surface area contributed by atoms with Crippen LogP contribution in [0, 0.1) is 6.92 Å². The number of hydrogen-bond donors (Lipinski definition) is 1. The van der Waals surface area contributed by atoms with Crippen LogP contribution >= 0.6 is 11.3 Å². The molecule has 3 atom stereocenters. The van der Waals surface area contributed by atoms with Crippen molar-refractivity contribution in [2.45, 2.75) is 37.9 Å². The maximum Gasteiger partial charge on any atom is 0.208 e. The highest BCUT2D eigenvalue weighted by Crippen LogP contribution is 2.38. The molecule has 2 aliphatic heterocycles. The van der Waals surface area contributed by atoms with E-state index in [-0.39, 0.29) is 5.75 Å². The number of aromatic nitrogens is 5. The highest BCUT2D eigenvalue weighted by atomic mass is 32.1. The first-order valence-corrected chi connectivity index (χ1v) is 10.5. The van der Waals surface area contributed by atoms with Gasteiger partial charge in [0.25, 0.3) is 0 Å². The first-order chi connectivity index (χ1) is 14.0. The quantitative estimate of drug-likeness (QED) is 0.663. The molecule has 0 radical (unpaired) electrons. The van der Waals surface area contributed by atoms with Gasteiger partial charge in [0.1, 0.15) is 5.75 Å². The summed E-state index contributed by atoms with van der Waals surface area (Å²) in [6, 6.07) is 6.81. The minimum absolute atomic E-state index is 0.143. The van der Waals surface area contributed by atoms with Gasteiger partial charge in [-0.05, 0) is 38.9 Å². The van der Waals surface area contributed by atoms with Gasteiger partial charge in [-0.25, -0.2) is 0 Å². The SMILES string of the molecule is Cc1cnn(-c2ccc(-c3nnc(N(C)C4C[C@H]5C=C[C@@H](C4)N5C)s3)c(O)c2)n1. The van der Waals surface area contributed by atoms with Crippen LogP contribution < -0.4 is 4.90 Å². The third-order valence-corrected chi connectivity index (χ3v) is 6.99. The van der Waals surface area contributed by atoms with Crippen LogP contribution in [0.3, 0.4) is 0 Å². The number of anilines is 1. The highest BCUT2D eigenvalue weighted by molar-refractivity contribution is 7.18. The zero-order valence-electron chi connectivity index (χ0n) is 16.6. The molecule has 2 aromatic heterocycles. The number of benzene rings is 1. The summed E-state index contributed by atoms with van der Waals surface area (Å²) in [4.78, 5) is 6.18. The van der Waals surface area contributed by atoms with Gasteiger partial charge in [-0.15, -0.1) is 10.2 Å². The van der Waals surface area contributed by atoms with E-state index in [0.717, 1.165) is 23.7 Å². The van der Waals surface area contributed by atoms with Gasteiger partial charge in [0.2, 0.25) is 5.13 Å². The average molecular weight is 410 g/mol. The molecule has 0 amide bonds. The molecule has 150 valence electrons. The van der Waals surface area contributed by atoms with Crippen molar-refractivity contribution in [1.29, 1.82) is 0 Å². The Kier molecular flexibility index (Phi) is 4.36. The fraction of sp³-hybridized carbons (Fsp3) is 0.400. The predicted octanol–water partition coefficient (Wildman–Crippen LogP) is 2.64. The Morgan fingerprint density at radius 1 is 1.17 bits per heavy atom. The van der Waals surface area contributed by atoms with Crippen molar-refractivity contribution in [2.75, 3.05) is 19.0 Å². The van der Waals surface area contributed by atoms with Gasteiger partial charge in [0, 0.05) is 31.2 Å². The first kappa shape index (κ1) is 18.3. The van der Waals surface area contributed by atoms with Crippen molar-refractivity contribution in [3.63, 3.8) is 0 Å². The van der Waals surface area contributed by atoms with E-state index in [1.165, 1.54) is 16.1 Å². The average Bonchev–Trinajstić information content (AvgIpc) is 3.40. The van der Waals surface area contributed by atoms with Gasteiger partial charge in [-0.2, -0.15) is 15.0 Å². The van der Waals surface area contributed by atoms with E-state index in [4.69, 9.17) is 0 Å². The van der Waals surface area contributed by atoms with Crippen LogP contribution in [-0.2, 0) is 0 Å². The Morgan fingerprint density at radius 3 is 2.59 bits per heavy atom. The molecule has 1 fully saturated rings. The van der Waals surface area contributed by atoms with Crippen LogP contribution in [0.15, 0.2) is 36.5 Å². The van der Waals surface area contributed by atoms with E-state index in [1.54, 1.807) is 12.3 Å². The molecule has 9 heteroatoms. The lowest BCUT2D eigenvalue weighted by Crippen LogP contribution is -2.48. The summed E-state index contributed by atoms with van der Waals surface area (Å²) < 4.78 is 0. The lowest BCUT2D eigenvalue weighted by molar-refractivity contribution is 0.177. The second kappa shape index (κ2) is 6.93. The number of rotatable bonds is 4. The predicted molar refractivity (Wildman–Crippen MR) is 113 cm³/mol. The van der Waals surface area contributed by atoms with Gasteiger partial charge in [0.05, 0.1) is 23.1 Å². The molecule has 0 saturated carbocycles. The van der Waals surface area contributed by atoms with Crippen molar-refractivity contribution in [2.24, 2.45) is 0 Å². The van der Waals surface area contributed by atoms with E-state index >= 15 is 0 Å². The van der Waals surface area contributed by atoms with Crippen LogP contribution in [0.5, 0.6) is 5.75 Å². The molecule has 1 N–H and O–H groups in total. The van der Waals surface area contributed by atoms with Crippen LogP contribution in [0.25, 0.3) is 16.3 Å². The summed E-state index contributed by atoms with van der Waals surface area (Å²) in [5, 5.41) is 29.3. The topological polar surface area (TPSA) is 83.2 Å². The zero-order valence-corrected chi connectivity index (χ0v) is 17.4. The third-order valence-electron chi connectivity index (χ3n) is 5.94. The van der Waals surface area contributed by atoms with E-state index in [9.17, 15) is 5.11 Å². The fourth-order valence-corrected chi connectivity index (χ4v) is 5.06. The van der Waals surface area contributed by atoms with Crippen LogP contribution in [-0.4, -0.2) is 67.4 Å². The molecular formula is C20H23N7OS. The van der Waals surface area contributed by atoms with E-state index in [1.807, 2.05) is 19.1 Å². The van der Waals surface area contributed by atoms with Crippen molar-refractivity contribution in [3.05, 3.63) is 42.2 Å². The van der Waals surface area contributed by atoms with Crippen LogP contribution in [0.2, 0.25) is 0 Å². The smallest absolute Gasteiger partial charge is 0.208 e. The van der Waals surface area contributed by atoms with Crippen LogP contribution in [0.1, 0.15) is 18.5 Å². The number of phenolic OH excluding ortho intramolecular Hbond substituents is 1. The summed E-state index contributed by atoms with van der Waals surface area (Å²) >= 11 is 1.50. The van der Waals surface area contributed by atoms with Gasteiger partial charge in [0.15, 0.2) is 5.01 Å². The molecule has 5 rings (SSSR count). The number of phenols is 1. The molecular weight excluding hydrogens is 386 g/mol. The minimum Gasteiger partial charge on any atom is -0.507 e. The monoisotopic (exact) mass is 409 g/mol. The molecule has 2 aliphatic rings. The van der Waals surface area contributed by atoms with E-state index in [2.05, 4.69) is 56.4 Å². The van der Waals surface area contributed by atoms with Crippen molar-refractivity contribution < 1.29 is 5.11 Å². The molecule has 4 heterocycles. The molecule has 0 aliphatic carbocycles. The number of fused-ring (bicyclic) bond motifs is 2. The normalized spacial score (nSPS) is 23.6. The minimum atomic E-state index is 0.143. The van der Waals surface area contributed by atoms with Crippen molar-refractivity contribution in [1.82, 2.24) is 30.1 Å². The zero-order chi connectivity index (χ0) is 20.1. The Labute approximate surface area is 173 Å². The Morgan fingerprint density at radius 2 is 1.93 bits per heavy atom. The van der Waals surface area contributed by atoms with Crippen molar-refractivity contribution in [3.8, 4) is 22.0 Å². The number of nitrogens with zero attached hydrogens (tertiary/aromatic N) is 7. The van der Waals surface area contributed by atoms with Gasteiger partial charge >= 0.3 is 0 Å². The summed E-state index contributed by atoms with van der Waals surface area (Å²) in [6.07, 6.45) is 8.50. The fourth-order valence-electron chi connectivity index (χ4n) is 4.15. The van der Waals surface area contributed by atoms with Crippen molar-refractivity contribution >= 4 is 16.5 Å². The Balaban J connectivity index is 1.36. The molecule has 1 unspecified atom stereocenters. The molecule has 2 bridgehead atoms. The maximum atomic E-state index is 10.6. The largest absolute Gasteiger partial charge is 0.507 e. The summed E-state index contributed by atoms with van der Waals surface area (Å²) in [6.45, 7) is 1.88. The lowest BCUT2D eigenvalue weighted by Gasteiger charge is -2.40. The molecule has 1 saturated heterocycles. The lowest BCUT2D eigenvalue weighted by atomic mass is 9.96.